The Bertz CT molecular complexity index is 680. The smallest absolute Gasteiger partial charge is 0.790 e. The average Bonchev–Trinajstić information content (AvgIpc) is 2.85. The van der Waals surface area contributed by atoms with E-state index in [2.05, 4.69) is 11.4 Å². The zero-order valence-electron chi connectivity index (χ0n) is 25.5. The molecule has 1 atom stereocenters. The topological polar surface area (TPSA) is 142 Å². The van der Waals surface area contributed by atoms with Crippen molar-refractivity contribution in [3.05, 3.63) is 0 Å². The number of carbonyl (C=O) groups excluding carboxylic acids is 3. The number of carbonyl (C=O) groups is 3. The molecular weight excluding hydrogens is 577 g/mol. The Kier molecular flexibility index (Phi) is 35.8. The van der Waals surface area contributed by atoms with Crippen molar-refractivity contribution in [3.8, 4) is 0 Å². The van der Waals surface area contributed by atoms with Gasteiger partial charge in [0.25, 0.3) is 0 Å². The molecule has 40 heavy (non-hydrogen) atoms. The number of esters is 2. The number of ether oxygens (including phenoxy) is 2. The van der Waals surface area contributed by atoms with E-state index < -0.39 is 32.5 Å². The van der Waals surface area contributed by atoms with Gasteiger partial charge < -0.3 is 28.3 Å². The fraction of sp³-hybridized carbons (Fsp3) is 0.889. The third-order valence-electron chi connectivity index (χ3n) is 5.96. The Hall–Kier alpha value is 1.07. The molecule has 0 aliphatic heterocycles. The number of hydrogen-bond acceptors (Lipinski definition) is 10. The molecule has 0 aromatic carbocycles. The molecule has 0 N–H and O–H groups in total. The number of thioether (sulfide) groups is 1. The van der Waals surface area contributed by atoms with Crippen molar-refractivity contribution >= 4 is 36.6 Å². The van der Waals surface area contributed by atoms with Gasteiger partial charge in [0.05, 0.1) is 14.4 Å². The van der Waals surface area contributed by atoms with E-state index in [-0.39, 0.29) is 83.7 Å². The Morgan fingerprint density at radius 3 is 1.62 bits per heavy atom. The SMILES string of the molecule is CCCCCCCCCCCCC(=O)O[C@@H](COC(=O)CCCCCCCCSC(C)=O)COP(=O)([O-])[O-].[Na+].[Na+]. The number of phosphoric acid groups is 1. The van der Waals surface area contributed by atoms with Crippen LogP contribution >= 0.6 is 19.6 Å². The van der Waals surface area contributed by atoms with Gasteiger partial charge in [0.15, 0.2) is 11.2 Å². The van der Waals surface area contributed by atoms with Gasteiger partial charge in [-0.1, -0.05) is 102 Å². The van der Waals surface area contributed by atoms with Crippen LogP contribution in [0.2, 0.25) is 0 Å². The summed E-state index contributed by atoms with van der Waals surface area (Å²) in [5, 5.41) is 0.135. The molecule has 0 aromatic heterocycles. The molecule has 0 aliphatic rings. The maximum Gasteiger partial charge on any atom is 1.00 e. The van der Waals surface area contributed by atoms with Gasteiger partial charge in [-0.05, 0) is 19.3 Å². The van der Waals surface area contributed by atoms with Crippen LogP contribution in [0, 0.1) is 0 Å². The van der Waals surface area contributed by atoms with E-state index in [0.29, 0.717) is 12.8 Å². The minimum atomic E-state index is -5.25. The summed E-state index contributed by atoms with van der Waals surface area (Å²) in [5.41, 5.74) is 0. The van der Waals surface area contributed by atoms with Crippen LogP contribution in [0.5, 0.6) is 0 Å². The van der Waals surface area contributed by atoms with Gasteiger partial charge in [-0.25, -0.2) is 0 Å². The fourth-order valence-electron chi connectivity index (χ4n) is 3.84. The molecule has 0 heterocycles. The van der Waals surface area contributed by atoms with Crippen LogP contribution in [0.25, 0.3) is 0 Å². The number of phosphoric ester groups is 1. The largest absolute Gasteiger partial charge is 1.00 e. The Balaban J connectivity index is -0.00000684. The van der Waals surface area contributed by atoms with Crippen LogP contribution in [0.15, 0.2) is 0 Å². The van der Waals surface area contributed by atoms with E-state index in [0.717, 1.165) is 57.1 Å². The van der Waals surface area contributed by atoms with E-state index in [1.165, 1.54) is 50.3 Å². The Morgan fingerprint density at radius 1 is 0.700 bits per heavy atom. The monoisotopic (exact) mass is 626 g/mol. The molecule has 0 unspecified atom stereocenters. The van der Waals surface area contributed by atoms with Crippen molar-refractivity contribution in [1.29, 1.82) is 0 Å². The molecule has 13 heteroatoms. The second-order valence-corrected chi connectivity index (χ2v) is 12.1. The summed E-state index contributed by atoms with van der Waals surface area (Å²) in [6.07, 6.45) is 16.0. The first-order valence-corrected chi connectivity index (χ1v) is 16.7. The van der Waals surface area contributed by atoms with E-state index in [9.17, 15) is 28.7 Å². The molecule has 0 fully saturated rings. The number of unbranched alkanes of at least 4 members (excludes halogenated alkanes) is 14. The van der Waals surface area contributed by atoms with Crippen molar-refractivity contribution in [2.24, 2.45) is 0 Å². The molecule has 0 amide bonds. The van der Waals surface area contributed by atoms with E-state index in [4.69, 9.17) is 9.47 Å². The molecule has 9 nitrogen and oxygen atoms in total. The molecule has 0 aliphatic carbocycles. The van der Waals surface area contributed by atoms with Crippen LogP contribution in [0.3, 0.4) is 0 Å². The van der Waals surface area contributed by atoms with Gasteiger partial charge in [-0.3, -0.25) is 14.4 Å². The molecule has 0 rings (SSSR count). The number of hydrogen-bond donors (Lipinski definition) is 0. The summed E-state index contributed by atoms with van der Waals surface area (Å²) in [5.74, 6) is -0.182. The van der Waals surface area contributed by atoms with Crippen LogP contribution in [0.1, 0.15) is 129 Å². The minimum Gasteiger partial charge on any atom is -0.790 e. The van der Waals surface area contributed by atoms with Gasteiger partial charge >= 0.3 is 71.1 Å². The molecule has 0 saturated carbocycles. The van der Waals surface area contributed by atoms with Gasteiger partial charge in [-0.15, -0.1) is 0 Å². The van der Waals surface area contributed by atoms with Crippen molar-refractivity contribution < 1.29 is 102 Å². The van der Waals surface area contributed by atoms with Crippen LogP contribution in [-0.2, 0) is 32.9 Å². The number of rotatable bonds is 26. The summed E-state index contributed by atoms with van der Waals surface area (Å²) in [7, 11) is -5.25. The first kappa shape index (κ1) is 45.5. The van der Waals surface area contributed by atoms with Gasteiger partial charge in [-0.2, -0.15) is 0 Å². The van der Waals surface area contributed by atoms with Gasteiger partial charge in [0, 0.05) is 25.5 Å². The summed E-state index contributed by atoms with van der Waals surface area (Å²) < 4.78 is 25.4. The van der Waals surface area contributed by atoms with Crippen molar-refractivity contribution in [2.75, 3.05) is 19.0 Å². The maximum absolute atomic E-state index is 12.2. The summed E-state index contributed by atoms with van der Waals surface area (Å²) in [6.45, 7) is 2.72. The molecular formula is C27H49Na2O9PS. The van der Waals surface area contributed by atoms with E-state index in [1.807, 2.05) is 0 Å². The van der Waals surface area contributed by atoms with Crippen LogP contribution < -0.4 is 68.9 Å². The third-order valence-corrected chi connectivity index (χ3v) is 7.33. The van der Waals surface area contributed by atoms with Crippen molar-refractivity contribution in [2.45, 2.75) is 136 Å². The standard InChI is InChI=1S/C27H51O9PS.2Na/c1-3-4-5-6-7-8-9-10-14-17-20-27(30)36-25(23-35-37(31,32)33)22-34-26(29)19-16-13-11-12-15-18-21-38-24(2)28;;/h25H,3-23H2,1-2H3,(H2,31,32,33);;/q;2*+1/p-2/t25-;;/m0../s1. The van der Waals surface area contributed by atoms with Crippen LogP contribution in [-0.4, -0.2) is 42.1 Å². The quantitative estimate of drug-likeness (QED) is 0.0540. The third kappa shape index (κ3) is 35.3. The first-order valence-electron chi connectivity index (χ1n) is 14.3. The Morgan fingerprint density at radius 2 is 1.15 bits per heavy atom. The molecule has 0 spiro atoms. The summed E-state index contributed by atoms with van der Waals surface area (Å²) in [6, 6.07) is 0. The zero-order chi connectivity index (χ0) is 28.5. The summed E-state index contributed by atoms with van der Waals surface area (Å²) in [4.78, 5) is 56.7. The fourth-order valence-corrected chi connectivity index (χ4v) is 4.83. The average molecular weight is 627 g/mol. The normalized spacial score (nSPS) is 11.7. The molecule has 224 valence electrons. The van der Waals surface area contributed by atoms with Gasteiger partial charge in [0.2, 0.25) is 0 Å². The molecule has 0 bridgehead atoms. The summed E-state index contributed by atoms with van der Waals surface area (Å²) >= 11 is 1.34. The molecule has 0 aromatic rings. The Labute approximate surface area is 290 Å². The second kappa shape index (κ2) is 31.5. The van der Waals surface area contributed by atoms with Crippen molar-refractivity contribution in [3.63, 3.8) is 0 Å². The first-order chi connectivity index (χ1) is 18.1. The van der Waals surface area contributed by atoms with E-state index >= 15 is 0 Å². The maximum atomic E-state index is 12.2. The molecule has 0 saturated heterocycles. The predicted octanol–water partition coefficient (Wildman–Crippen LogP) is -0.384. The van der Waals surface area contributed by atoms with Crippen LogP contribution in [0.4, 0.5) is 0 Å². The second-order valence-electron chi connectivity index (χ2n) is 9.68. The predicted molar refractivity (Wildman–Crippen MR) is 146 cm³/mol. The van der Waals surface area contributed by atoms with E-state index in [1.54, 1.807) is 6.92 Å². The minimum absolute atomic E-state index is 0. The van der Waals surface area contributed by atoms with Gasteiger partial charge in [0.1, 0.15) is 6.61 Å². The zero-order valence-corrected chi connectivity index (χ0v) is 31.2. The molecule has 0 radical (unpaired) electrons. The van der Waals surface area contributed by atoms with Crippen molar-refractivity contribution in [1.82, 2.24) is 0 Å².